The maximum atomic E-state index is 11.4. The van der Waals surface area contributed by atoms with Crippen LogP contribution in [0.25, 0.3) is 0 Å². The second kappa shape index (κ2) is 2.11. The van der Waals surface area contributed by atoms with Crippen molar-refractivity contribution < 1.29 is 0 Å². The SMILES string of the molecule is O=c1sc(=O)n2c3ccc(n12)CC3. The Morgan fingerprint density at radius 1 is 1.00 bits per heavy atom. The zero-order valence-corrected chi connectivity index (χ0v) is 7.50. The Hall–Kier alpha value is -1.36. The summed E-state index contributed by atoms with van der Waals surface area (Å²) in [6, 6.07) is 3.82. The smallest absolute Gasteiger partial charge is 0.255 e. The number of nitrogens with zero attached hydrogens (tertiary/aromatic N) is 2. The first-order valence-electron chi connectivity index (χ1n) is 4.03. The van der Waals surface area contributed by atoms with Crippen LogP contribution in [0.4, 0.5) is 0 Å². The molecule has 0 radical (unpaired) electrons. The second-order valence-electron chi connectivity index (χ2n) is 3.07. The van der Waals surface area contributed by atoms with E-state index in [4.69, 9.17) is 0 Å². The highest BCUT2D eigenvalue weighted by molar-refractivity contribution is 7.06. The summed E-state index contributed by atoms with van der Waals surface area (Å²) >= 11 is 0.766. The van der Waals surface area contributed by atoms with Gasteiger partial charge in [-0.3, -0.25) is 9.59 Å². The molecule has 0 fully saturated rings. The first-order chi connectivity index (χ1) is 6.27. The van der Waals surface area contributed by atoms with Gasteiger partial charge in [0.2, 0.25) is 0 Å². The number of rotatable bonds is 0. The van der Waals surface area contributed by atoms with Gasteiger partial charge in [0.25, 0.3) is 0 Å². The van der Waals surface area contributed by atoms with Gasteiger partial charge in [-0.05, 0) is 36.3 Å². The van der Waals surface area contributed by atoms with E-state index >= 15 is 0 Å². The van der Waals surface area contributed by atoms with E-state index in [9.17, 15) is 9.59 Å². The summed E-state index contributed by atoms with van der Waals surface area (Å²) in [6.07, 6.45) is 1.73. The Kier molecular flexibility index (Phi) is 1.15. The van der Waals surface area contributed by atoms with Crippen molar-refractivity contribution in [3.05, 3.63) is 42.9 Å². The number of fused-ring (bicyclic) bond motifs is 2. The summed E-state index contributed by atoms with van der Waals surface area (Å²) in [4.78, 5) is 22.4. The summed E-state index contributed by atoms with van der Waals surface area (Å²) < 4.78 is 2.96. The molecule has 0 amide bonds. The molecule has 2 aromatic heterocycles. The van der Waals surface area contributed by atoms with Gasteiger partial charge in [0.15, 0.2) is 0 Å². The molecule has 0 spiro atoms. The molecule has 4 nitrogen and oxygen atoms in total. The van der Waals surface area contributed by atoms with Gasteiger partial charge in [-0.25, -0.2) is 9.03 Å². The van der Waals surface area contributed by atoms with Crippen molar-refractivity contribution in [3.63, 3.8) is 0 Å². The molecule has 1 aliphatic heterocycles. The minimum atomic E-state index is -0.179. The van der Waals surface area contributed by atoms with E-state index < -0.39 is 0 Å². The van der Waals surface area contributed by atoms with Gasteiger partial charge in [0.1, 0.15) is 0 Å². The summed E-state index contributed by atoms with van der Waals surface area (Å²) in [5, 5.41) is 0. The molecule has 0 N–H and O–H groups in total. The van der Waals surface area contributed by atoms with Crippen LogP contribution in [0.3, 0.4) is 0 Å². The minimum absolute atomic E-state index is 0.179. The van der Waals surface area contributed by atoms with Crippen LogP contribution in [-0.4, -0.2) is 9.03 Å². The third-order valence-corrected chi connectivity index (χ3v) is 3.07. The molecule has 0 saturated carbocycles. The lowest BCUT2D eigenvalue weighted by Crippen LogP contribution is -2.26. The van der Waals surface area contributed by atoms with Crippen LogP contribution in [0.1, 0.15) is 11.4 Å². The average Bonchev–Trinajstić information content (AvgIpc) is 2.47. The third kappa shape index (κ3) is 0.746. The van der Waals surface area contributed by atoms with Gasteiger partial charge >= 0.3 is 9.75 Å². The zero-order valence-electron chi connectivity index (χ0n) is 6.69. The predicted octanol–water partition coefficient (Wildman–Crippen LogP) is -0.0807. The first-order valence-corrected chi connectivity index (χ1v) is 4.85. The van der Waals surface area contributed by atoms with Gasteiger partial charge in [-0.1, -0.05) is 0 Å². The maximum absolute atomic E-state index is 11.4. The molecule has 0 saturated heterocycles. The lowest BCUT2D eigenvalue weighted by atomic mass is 10.1. The highest BCUT2D eigenvalue weighted by Gasteiger charge is 2.16. The molecule has 1 aliphatic carbocycles. The average molecular weight is 194 g/mol. The van der Waals surface area contributed by atoms with Crippen LogP contribution >= 0.6 is 11.3 Å². The topological polar surface area (TPSA) is 43.0 Å². The van der Waals surface area contributed by atoms with Gasteiger partial charge in [0, 0.05) is 11.4 Å². The molecular formula is C8H6N2O2S. The summed E-state index contributed by atoms with van der Waals surface area (Å²) in [5.41, 5.74) is 1.86. The van der Waals surface area contributed by atoms with E-state index in [-0.39, 0.29) is 9.75 Å². The fourth-order valence-electron chi connectivity index (χ4n) is 1.78. The molecule has 2 aliphatic rings. The number of hydrogen-bond donors (Lipinski definition) is 0. The lowest BCUT2D eigenvalue weighted by molar-refractivity contribution is 0.620. The van der Waals surface area contributed by atoms with Crippen LogP contribution in [0.5, 0.6) is 0 Å². The monoisotopic (exact) mass is 194 g/mol. The minimum Gasteiger partial charge on any atom is -0.255 e. The summed E-state index contributed by atoms with van der Waals surface area (Å²) in [5.74, 6) is 0. The van der Waals surface area contributed by atoms with Crippen LogP contribution < -0.4 is 9.75 Å². The number of aromatic nitrogens is 2. The summed E-state index contributed by atoms with van der Waals surface area (Å²) in [6.45, 7) is 0. The molecular weight excluding hydrogens is 188 g/mol. The van der Waals surface area contributed by atoms with Crippen molar-refractivity contribution in [2.45, 2.75) is 12.8 Å². The van der Waals surface area contributed by atoms with Crippen LogP contribution in [0, 0.1) is 0 Å². The van der Waals surface area contributed by atoms with E-state index in [1.807, 2.05) is 12.1 Å². The molecule has 0 unspecified atom stereocenters. The maximum Gasteiger partial charge on any atom is 0.331 e. The van der Waals surface area contributed by atoms with E-state index in [2.05, 4.69) is 0 Å². The van der Waals surface area contributed by atoms with E-state index in [0.717, 1.165) is 35.6 Å². The van der Waals surface area contributed by atoms with Crippen molar-refractivity contribution in [3.8, 4) is 0 Å². The molecule has 2 bridgehead atoms. The Morgan fingerprint density at radius 2 is 1.46 bits per heavy atom. The standard InChI is InChI=1S/C8H6N2O2S/c11-7-9-5-1-2-6(4-3-5)10(9)8(12)13-7/h1-2H,3-4H2. The largest absolute Gasteiger partial charge is 0.331 e. The molecule has 5 heteroatoms. The van der Waals surface area contributed by atoms with Gasteiger partial charge < -0.3 is 0 Å². The molecule has 0 aromatic carbocycles. The van der Waals surface area contributed by atoms with E-state index in [1.165, 1.54) is 9.03 Å². The zero-order chi connectivity index (χ0) is 9.00. The fourth-order valence-corrected chi connectivity index (χ4v) is 2.50. The molecule has 2 aromatic rings. The predicted molar refractivity (Wildman–Crippen MR) is 48.7 cm³/mol. The molecule has 3 heterocycles. The van der Waals surface area contributed by atoms with Crippen molar-refractivity contribution in [1.29, 1.82) is 0 Å². The molecule has 0 atom stereocenters. The van der Waals surface area contributed by atoms with Crippen molar-refractivity contribution in [1.82, 2.24) is 9.03 Å². The fraction of sp³-hybridized carbons (Fsp3) is 0.250. The molecule has 4 rings (SSSR count). The van der Waals surface area contributed by atoms with Gasteiger partial charge in [0.05, 0.1) is 0 Å². The lowest BCUT2D eigenvalue weighted by Gasteiger charge is -2.15. The van der Waals surface area contributed by atoms with Crippen LogP contribution in [0.2, 0.25) is 0 Å². The van der Waals surface area contributed by atoms with E-state index in [1.54, 1.807) is 0 Å². The third-order valence-electron chi connectivity index (χ3n) is 2.37. The van der Waals surface area contributed by atoms with Crippen molar-refractivity contribution in [2.24, 2.45) is 0 Å². The highest BCUT2D eigenvalue weighted by Crippen LogP contribution is 2.12. The highest BCUT2D eigenvalue weighted by atomic mass is 32.1. The Morgan fingerprint density at radius 3 is 1.85 bits per heavy atom. The van der Waals surface area contributed by atoms with Crippen LogP contribution in [-0.2, 0) is 12.8 Å². The normalized spacial score (nSPS) is 14.2. The van der Waals surface area contributed by atoms with Gasteiger partial charge in [-0.15, -0.1) is 0 Å². The Bertz CT molecular complexity index is 553. The Balaban J connectivity index is 2.78. The number of aryl methyl sites for hydroxylation is 2. The van der Waals surface area contributed by atoms with Crippen molar-refractivity contribution in [2.75, 3.05) is 0 Å². The summed E-state index contributed by atoms with van der Waals surface area (Å²) in [7, 11) is 0. The Labute approximate surface area is 76.7 Å². The first kappa shape index (κ1) is 7.08. The van der Waals surface area contributed by atoms with Gasteiger partial charge in [-0.2, -0.15) is 0 Å². The number of hydrogen-bond acceptors (Lipinski definition) is 3. The van der Waals surface area contributed by atoms with E-state index in [0.29, 0.717) is 0 Å². The molecule has 13 heavy (non-hydrogen) atoms. The van der Waals surface area contributed by atoms with Crippen LogP contribution in [0.15, 0.2) is 21.7 Å². The second-order valence-corrected chi connectivity index (χ2v) is 3.98. The van der Waals surface area contributed by atoms with Crippen molar-refractivity contribution >= 4 is 11.3 Å². The quantitative estimate of drug-likeness (QED) is 0.588. The molecule has 66 valence electrons.